The molecule has 0 bridgehead atoms. The molecule has 4 nitrogen and oxygen atoms in total. The second-order valence-corrected chi connectivity index (χ2v) is 2.87. The van der Waals surface area contributed by atoms with Crippen molar-refractivity contribution in [3.63, 3.8) is 0 Å². The van der Waals surface area contributed by atoms with Gasteiger partial charge in [0.2, 0.25) is 0 Å². The lowest BCUT2D eigenvalue weighted by atomic mass is 10.5. The maximum atomic E-state index is 3.88. The molecule has 0 aromatic carbocycles. The molecule has 0 N–H and O–H groups in total. The third-order valence-corrected chi connectivity index (χ3v) is 1.69. The first-order valence-electron chi connectivity index (χ1n) is 6.05. The molecule has 2 rings (SSSR count). The lowest BCUT2D eigenvalue weighted by Gasteiger charge is -1.87. The van der Waals surface area contributed by atoms with E-state index >= 15 is 0 Å². The predicted octanol–water partition coefficient (Wildman–Crippen LogP) is 3.20. The SMILES string of the molecule is CC.CC.Cc1cncn1C.Cn1ccnc1. The van der Waals surface area contributed by atoms with Crippen LogP contribution in [-0.2, 0) is 14.1 Å². The van der Waals surface area contributed by atoms with Gasteiger partial charge in [-0.2, -0.15) is 0 Å². The molecule has 0 amide bonds. The molecule has 0 saturated heterocycles. The zero-order valence-electron chi connectivity index (χ0n) is 12.2. The maximum absolute atomic E-state index is 3.88. The third-order valence-electron chi connectivity index (χ3n) is 1.69. The molecular weight excluding hydrogens is 212 g/mol. The van der Waals surface area contributed by atoms with Gasteiger partial charge in [-0.15, -0.1) is 0 Å². The summed E-state index contributed by atoms with van der Waals surface area (Å²) in [4.78, 5) is 7.67. The highest BCUT2D eigenvalue weighted by Crippen LogP contribution is 1.88. The van der Waals surface area contributed by atoms with Gasteiger partial charge in [-0.1, -0.05) is 27.7 Å². The Morgan fingerprint density at radius 2 is 1.53 bits per heavy atom. The second-order valence-electron chi connectivity index (χ2n) is 2.87. The van der Waals surface area contributed by atoms with Crippen molar-refractivity contribution in [1.29, 1.82) is 0 Å². The van der Waals surface area contributed by atoms with Gasteiger partial charge in [0.05, 0.1) is 12.7 Å². The zero-order chi connectivity index (χ0) is 13.7. The Hall–Kier alpha value is -1.58. The van der Waals surface area contributed by atoms with Crippen molar-refractivity contribution in [3.8, 4) is 0 Å². The standard InChI is InChI=1S/C5H8N2.C4H6N2.2C2H6/c1-5-3-6-4-7(5)2;1-6-3-2-5-4-6;2*1-2/h3-4H,1-2H3;2-4H,1H3;2*1-2H3. The molecule has 4 heteroatoms. The maximum Gasteiger partial charge on any atom is 0.0945 e. The zero-order valence-corrected chi connectivity index (χ0v) is 12.2. The molecule has 0 spiro atoms. The van der Waals surface area contributed by atoms with E-state index in [2.05, 4.69) is 9.97 Å². The third kappa shape index (κ3) is 9.35. The van der Waals surface area contributed by atoms with Gasteiger partial charge in [-0.25, -0.2) is 9.97 Å². The Balaban J connectivity index is 0. The average molecular weight is 238 g/mol. The Labute approximate surface area is 105 Å². The Kier molecular flexibility index (Phi) is 13.1. The van der Waals surface area contributed by atoms with Crippen molar-refractivity contribution in [1.82, 2.24) is 19.1 Å². The minimum Gasteiger partial charge on any atom is -0.341 e. The van der Waals surface area contributed by atoms with Gasteiger partial charge in [0.1, 0.15) is 0 Å². The molecule has 98 valence electrons. The molecule has 2 aromatic heterocycles. The summed E-state index contributed by atoms with van der Waals surface area (Å²) in [5, 5.41) is 0. The van der Waals surface area contributed by atoms with E-state index in [1.165, 1.54) is 5.69 Å². The summed E-state index contributed by atoms with van der Waals surface area (Å²) in [5.41, 5.74) is 1.19. The van der Waals surface area contributed by atoms with E-state index in [0.717, 1.165) is 0 Å². The molecule has 2 heterocycles. The minimum atomic E-state index is 1.19. The second kappa shape index (κ2) is 12.5. The van der Waals surface area contributed by atoms with Gasteiger partial charge in [0.15, 0.2) is 0 Å². The summed E-state index contributed by atoms with van der Waals surface area (Å²) in [5.74, 6) is 0. The Morgan fingerprint density at radius 3 is 1.65 bits per heavy atom. The van der Waals surface area contributed by atoms with Crippen molar-refractivity contribution >= 4 is 0 Å². The molecule has 0 aliphatic carbocycles. The van der Waals surface area contributed by atoms with Crippen LogP contribution in [0.3, 0.4) is 0 Å². The monoisotopic (exact) mass is 238 g/mol. The smallest absolute Gasteiger partial charge is 0.0945 e. The number of aryl methyl sites for hydroxylation is 3. The number of imidazole rings is 2. The van der Waals surface area contributed by atoms with Gasteiger partial charge < -0.3 is 9.13 Å². The number of aromatic nitrogens is 4. The van der Waals surface area contributed by atoms with Crippen molar-refractivity contribution in [2.75, 3.05) is 0 Å². The van der Waals surface area contributed by atoms with Gasteiger partial charge in [-0.05, 0) is 6.92 Å². The lowest BCUT2D eigenvalue weighted by Crippen LogP contribution is -1.84. The van der Waals surface area contributed by atoms with E-state index in [4.69, 9.17) is 0 Å². The van der Waals surface area contributed by atoms with Crippen molar-refractivity contribution in [2.24, 2.45) is 14.1 Å². The van der Waals surface area contributed by atoms with Crippen LogP contribution in [-0.4, -0.2) is 19.1 Å². The number of hydrogen-bond acceptors (Lipinski definition) is 2. The van der Waals surface area contributed by atoms with Crippen LogP contribution in [0.4, 0.5) is 0 Å². The summed E-state index contributed by atoms with van der Waals surface area (Å²) in [6.07, 6.45) is 9.01. The average Bonchev–Trinajstić information content (AvgIpc) is 2.98. The van der Waals surface area contributed by atoms with Crippen molar-refractivity contribution in [3.05, 3.63) is 36.9 Å². The van der Waals surface area contributed by atoms with Crippen LogP contribution in [0.1, 0.15) is 33.4 Å². The van der Waals surface area contributed by atoms with Crippen LogP contribution in [0.15, 0.2) is 31.2 Å². The Morgan fingerprint density at radius 1 is 0.941 bits per heavy atom. The highest BCUT2D eigenvalue weighted by atomic mass is 15.0. The van der Waals surface area contributed by atoms with Crippen molar-refractivity contribution in [2.45, 2.75) is 34.6 Å². The molecular formula is C13H26N4. The highest BCUT2D eigenvalue weighted by molar-refractivity contribution is 4.91. The fraction of sp³-hybridized carbons (Fsp3) is 0.538. The number of nitrogens with zero attached hydrogens (tertiary/aromatic N) is 4. The fourth-order valence-corrected chi connectivity index (χ4v) is 0.749. The van der Waals surface area contributed by atoms with E-state index in [9.17, 15) is 0 Å². The molecule has 0 radical (unpaired) electrons. The summed E-state index contributed by atoms with van der Waals surface area (Å²) >= 11 is 0. The van der Waals surface area contributed by atoms with Gasteiger partial charge in [-0.3, -0.25) is 0 Å². The van der Waals surface area contributed by atoms with Crippen LogP contribution in [0, 0.1) is 6.92 Å². The summed E-state index contributed by atoms with van der Waals surface area (Å²) in [7, 11) is 3.91. The molecule has 2 aromatic rings. The quantitative estimate of drug-likeness (QED) is 0.706. The molecule has 0 saturated carbocycles. The van der Waals surface area contributed by atoms with Gasteiger partial charge in [0.25, 0.3) is 0 Å². The molecule has 0 aliphatic rings. The molecule has 0 atom stereocenters. The topological polar surface area (TPSA) is 35.6 Å². The van der Waals surface area contributed by atoms with Crippen LogP contribution in [0.5, 0.6) is 0 Å². The van der Waals surface area contributed by atoms with E-state index in [-0.39, 0.29) is 0 Å². The summed E-state index contributed by atoms with van der Waals surface area (Å²) in [6, 6.07) is 0. The lowest BCUT2D eigenvalue weighted by molar-refractivity contribution is 0.873. The van der Waals surface area contributed by atoms with E-state index in [1.54, 1.807) is 18.9 Å². The molecule has 0 fully saturated rings. The first-order valence-corrected chi connectivity index (χ1v) is 6.05. The Bertz CT molecular complexity index is 319. The summed E-state index contributed by atoms with van der Waals surface area (Å²) in [6.45, 7) is 10.0. The molecule has 0 unspecified atom stereocenters. The first-order chi connectivity index (χ1) is 8.20. The fourth-order valence-electron chi connectivity index (χ4n) is 0.749. The van der Waals surface area contributed by atoms with Crippen LogP contribution >= 0.6 is 0 Å². The highest BCUT2D eigenvalue weighted by Gasteiger charge is 1.83. The first kappa shape index (κ1) is 17.8. The normalized spacial score (nSPS) is 7.71. The van der Waals surface area contributed by atoms with Crippen LogP contribution < -0.4 is 0 Å². The minimum absolute atomic E-state index is 1.19. The van der Waals surface area contributed by atoms with Gasteiger partial charge >= 0.3 is 0 Å². The number of hydrogen-bond donors (Lipinski definition) is 0. The van der Waals surface area contributed by atoms with Gasteiger partial charge in [0, 0.05) is 38.4 Å². The largest absolute Gasteiger partial charge is 0.341 e. The molecule has 17 heavy (non-hydrogen) atoms. The van der Waals surface area contributed by atoms with Crippen molar-refractivity contribution < 1.29 is 0 Å². The molecule has 0 aliphatic heterocycles. The summed E-state index contributed by atoms with van der Waals surface area (Å²) < 4.78 is 3.86. The van der Waals surface area contributed by atoms with Crippen LogP contribution in [0.25, 0.3) is 0 Å². The van der Waals surface area contributed by atoms with Crippen LogP contribution in [0.2, 0.25) is 0 Å². The van der Waals surface area contributed by atoms with E-state index in [0.29, 0.717) is 0 Å². The van der Waals surface area contributed by atoms with E-state index < -0.39 is 0 Å². The number of rotatable bonds is 0. The van der Waals surface area contributed by atoms with E-state index in [1.807, 2.05) is 70.2 Å². The predicted molar refractivity (Wildman–Crippen MR) is 73.8 cm³/mol.